The SMILES string of the molecule is CC(C)C(O)C(O)Cc1cccc(Br)c1. The molecule has 2 atom stereocenters. The van der Waals surface area contributed by atoms with Gasteiger partial charge >= 0.3 is 0 Å². The summed E-state index contributed by atoms with van der Waals surface area (Å²) in [5.41, 5.74) is 1.02. The highest BCUT2D eigenvalue weighted by Gasteiger charge is 2.19. The van der Waals surface area contributed by atoms with E-state index < -0.39 is 12.2 Å². The minimum Gasteiger partial charge on any atom is -0.390 e. The van der Waals surface area contributed by atoms with Crippen LogP contribution < -0.4 is 0 Å². The van der Waals surface area contributed by atoms with Crippen molar-refractivity contribution in [3.8, 4) is 0 Å². The van der Waals surface area contributed by atoms with Crippen LogP contribution in [0, 0.1) is 5.92 Å². The monoisotopic (exact) mass is 272 g/mol. The van der Waals surface area contributed by atoms with Crippen LogP contribution in [0.5, 0.6) is 0 Å². The zero-order chi connectivity index (χ0) is 11.4. The Morgan fingerprint density at radius 1 is 1.27 bits per heavy atom. The van der Waals surface area contributed by atoms with Crippen LogP contribution in [0.25, 0.3) is 0 Å². The van der Waals surface area contributed by atoms with Crippen molar-refractivity contribution < 1.29 is 10.2 Å². The minimum absolute atomic E-state index is 0.0761. The molecule has 0 saturated heterocycles. The average molecular weight is 273 g/mol. The van der Waals surface area contributed by atoms with Crippen molar-refractivity contribution in [2.75, 3.05) is 0 Å². The van der Waals surface area contributed by atoms with E-state index in [0.29, 0.717) is 6.42 Å². The van der Waals surface area contributed by atoms with Gasteiger partial charge in [-0.25, -0.2) is 0 Å². The molecule has 0 aliphatic carbocycles. The van der Waals surface area contributed by atoms with Crippen molar-refractivity contribution in [1.29, 1.82) is 0 Å². The Bertz CT molecular complexity index is 312. The van der Waals surface area contributed by atoms with Crippen LogP contribution >= 0.6 is 15.9 Å². The first-order chi connectivity index (χ1) is 7.00. The molecule has 84 valence electrons. The maximum absolute atomic E-state index is 9.77. The van der Waals surface area contributed by atoms with Crippen molar-refractivity contribution in [2.24, 2.45) is 5.92 Å². The summed E-state index contributed by atoms with van der Waals surface area (Å²) < 4.78 is 0.992. The van der Waals surface area contributed by atoms with Gasteiger partial charge in [0.05, 0.1) is 12.2 Å². The number of benzene rings is 1. The summed E-state index contributed by atoms with van der Waals surface area (Å²) in [5.74, 6) is 0.0761. The van der Waals surface area contributed by atoms with E-state index in [4.69, 9.17) is 0 Å². The molecule has 2 N–H and O–H groups in total. The second-order valence-electron chi connectivity index (χ2n) is 4.14. The Morgan fingerprint density at radius 3 is 2.47 bits per heavy atom. The maximum atomic E-state index is 9.77. The van der Waals surface area contributed by atoms with Gasteiger partial charge in [-0.3, -0.25) is 0 Å². The summed E-state index contributed by atoms with van der Waals surface area (Å²) in [7, 11) is 0. The number of aliphatic hydroxyl groups is 2. The van der Waals surface area contributed by atoms with E-state index in [1.165, 1.54) is 0 Å². The molecule has 1 aromatic carbocycles. The Labute approximate surface area is 99.1 Å². The Kier molecular flexibility index (Phi) is 4.77. The normalized spacial score (nSPS) is 15.3. The lowest BCUT2D eigenvalue weighted by molar-refractivity contribution is -0.00731. The molecule has 0 fully saturated rings. The van der Waals surface area contributed by atoms with Crippen LogP contribution in [0.15, 0.2) is 28.7 Å². The highest BCUT2D eigenvalue weighted by Crippen LogP contribution is 2.16. The maximum Gasteiger partial charge on any atom is 0.0841 e. The average Bonchev–Trinajstić information content (AvgIpc) is 2.16. The van der Waals surface area contributed by atoms with Crippen molar-refractivity contribution in [2.45, 2.75) is 32.5 Å². The fourth-order valence-corrected chi connectivity index (χ4v) is 1.92. The molecule has 0 bridgehead atoms. The van der Waals surface area contributed by atoms with Gasteiger partial charge in [-0.05, 0) is 23.6 Å². The molecule has 2 nitrogen and oxygen atoms in total. The first-order valence-electron chi connectivity index (χ1n) is 5.11. The summed E-state index contributed by atoms with van der Waals surface area (Å²) in [6, 6.07) is 7.76. The predicted molar refractivity (Wildman–Crippen MR) is 64.7 cm³/mol. The zero-order valence-corrected chi connectivity index (χ0v) is 10.6. The van der Waals surface area contributed by atoms with Crippen molar-refractivity contribution in [3.63, 3.8) is 0 Å². The molecular weight excluding hydrogens is 256 g/mol. The van der Waals surface area contributed by atoms with Gasteiger partial charge in [0.1, 0.15) is 0 Å². The van der Waals surface area contributed by atoms with Crippen molar-refractivity contribution in [1.82, 2.24) is 0 Å². The molecule has 2 unspecified atom stereocenters. The van der Waals surface area contributed by atoms with E-state index in [1.54, 1.807) is 0 Å². The minimum atomic E-state index is -0.695. The van der Waals surface area contributed by atoms with E-state index in [0.717, 1.165) is 10.0 Å². The quantitative estimate of drug-likeness (QED) is 0.884. The number of rotatable bonds is 4. The Morgan fingerprint density at radius 2 is 1.93 bits per heavy atom. The molecule has 1 rings (SSSR count). The fourth-order valence-electron chi connectivity index (χ4n) is 1.47. The molecule has 1 aromatic rings. The molecule has 15 heavy (non-hydrogen) atoms. The van der Waals surface area contributed by atoms with Crippen LogP contribution in [-0.4, -0.2) is 22.4 Å². The molecule has 0 aliphatic heterocycles. The van der Waals surface area contributed by atoms with Crippen LogP contribution in [0.4, 0.5) is 0 Å². The Hall–Kier alpha value is -0.380. The summed E-state index contributed by atoms with van der Waals surface area (Å²) in [5, 5.41) is 19.4. The first kappa shape index (κ1) is 12.7. The number of aliphatic hydroxyl groups excluding tert-OH is 2. The second kappa shape index (κ2) is 5.64. The first-order valence-corrected chi connectivity index (χ1v) is 5.90. The third kappa shape index (κ3) is 3.93. The molecule has 0 saturated carbocycles. The molecule has 0 spiro atoms. The standard InChI is InChI=1S/C12H17BrO2/c1-8(2)12(15)11(14)7-9-4-3-5-10(13)6-9/h3-6,8,11-12,14-15H,7H2,1-2H3. The van der Waals surface area contributed by atoms with E-state index in [-0.39, 0.29) is 5.92 Å². The van der Waals surface area contributed by atoms with Gasteiger partial charge in [-0.15, -0.1) is 0 Å². The van der Waals surface area contributed by atoms with Gasteiger partial charge in [-0.1, -0.05) is 41.9 Å². The van der Waals surface area contributed by atoms with Crippen LogP contribution in [0.1, 0.15) is 19.4 Å². The third-order valence-electron chi connectivity index (χ3n) is 2.41. The van der Waals surface area contributed by atoms with Crippen molar-refractivity contribution >= 4 is 15.9 Å². The van der Waals surface area contributed by atoms with Gasteiger partial charge in [0.25, 0.3) is 0 Å². The van der Waals surface area contributed by atoms with Gasteiger partial charge < -0.3 is 10.2 Å². The van der Waals surface area contributed by atoms with E-state index >= 15 is 0 Å². The second-order valence-corrected chi connectivity index (χ2v) is 5.05. The number of halogens is 1. The lowest BCUT2D eigenvalue weighted by Gasteiger charge is -2.21. The molecular formula is C12H17BrO2. The van der Waals surface area contributed by atoms with Gasteiger partial charge in [-0.2, -0.15) is 0 Å². The summed E-state index contributed by atoms with van der Waals surface area (Å²) in [4.78, 5) is 0. The molecule has 0 aromatic heterocycles. The van der Waals surface area contributed by atoms with Crippen molar-refractivity contribution in [3.05, 3.63) is 34.3 Å². The summed E-state index contributed by atoms with van der Waals surface area (Å²) >= 11 is 3.37. The third-order valence-corrected chi connectivity index (χ3v) is 2.90. The number of hydrogen-bond donors (Lipinski definition) is 2. The zero-order valence-electron chi connectivity index (χ0n) is 9.02. The van der Waals surface area contributed by atoms with Crippen LogP contribution in [0.2, 0.25) is 0 Å². The largest absolute Gasteiger partial charge is 0.390 e. The van der Waals surface area contributed by atoms with Crippen LogP contribution in [0.3, 0.4) is 0 Å². The van der Waals surface area contributed by atoms with E-state index in [1.807, 2.05) is 38.1 Å². The van der Waals surface area contributed by atoms with E-state index in [9.17, 15) is 10.2 Å². The molecule has 0 heterocycles. The molecule has 0 amide bonds. The predicted octanol–water partition coefficient (Wildman–Crippen LogP) is 2.37. The highest BCUT2D eigenvalue weighted by molar-refractivity contribution is 9.10. The van der Waals surface area contributed by atoms with Gasteiger partial charge in [0.2, 0.25) is 0 Å². The van der Waals surface area contributed by atoms with E-state index in [2.05, 4.69) is 15.9 Å². The fraction of sp³-hybridized carbons (Fsp3) is 0.500. The number of hydrogen-bond acceptors (Lipinski definition) is 2. The van der Waals surface area contributed by atoms with Gasteiger partial charge in [0.15, 0.2) is 0 Å². The van der Waals surface area contributed by atoms with Crippen LogP contribution in [-0.2, 0) is 6.42 Å². The van der Waals surface area contributed by atoms with Gasteiger partial charge in [0, 0.05) is 10.9 Å². The lowest BCUT2D eigenvalue weighted by Crippen LogP contribution is -2.32. The topological polar surface area (TPSA) is 40.5 Å². The molecule has 3 heteroatoms. The summed E-state index contributed by atoms with van der Waals surface area (Å²) in [6.07, 6.45) is -0.873. The molecule has 0 aliphatic rings. The molecule has 0 radical (unpaired) electrons. The smallest absolute Gasteiger partial charge is 0.0841 e. The lowest BCUT2D eigenvalue weighted by atomic mass is 9.97. The Balaban J connectivity index is 2.62. The highest BCUT2D eigenvalue weighted by atomic mass is 79.9. The summed E-state index contributed by atoms with van der Waals surface area (Å²) in [6.45, 7) is 3.80.